The molecule has 0 saturated carbocycles. The van der Waals surface area contributed by atoms with Crippen molar-refractivity contribution in [2.75, 3.05) is 39.0 Å². The van der Waals surface area contributed by atoms with E-state index < -0.39 is 0 Å². The first-order chi connectivity index (χ1) is 19.1. The lowest BCUT2D eigenvalue weighted by Gasteiger charge is -2.39. The number of pyridine rings is 1. The van der Waals surface area contributed by atoms with E-state index in [0.29, 0.717) is 23.7 Å². The van der Waals surface area contributed by atoms with Gasteiger partial charge in [0.25, 0.3) is 5.91 Å². The molecule has 1 amide bonds. The van der Waals surface area contributed by atoms with Crippen LogP contribution >= 0.6 is 11.3 Å². The zero-order chi connectivity index (χ0) is 26.8. The Bertz CT molecular complexity index is 1540. The van der Waals surface area contributed by atoms with E-state index in [-0.39, 0.29) is 11.9 Å². The van der Waals surface area contributed by atoms with Gasteiger partial charge in [-0.3, -0.25) is 9.69 Å². The molecule has 39 heavy (non-hydrogen) atoms. The molecule has 3 aromatic carbocycles. The fourth-order valence-electron chi connectivity index (χ4n) is 5.29. The molecule has 6 rings (SSSR count). The molecule has 196 valence electrons. The zero-order valence-corrected chi connectivity index (χ0v) is 22.6. The second-order valence-corrected chi connectivity index (χ2v) is 10.7. The summed E-state index contributed by atoms with van der Waals surface area (Å²) in [7, 11) is 1.65. The number of thiophene rings is 1. The number of nitrogens with zero attached hydrogens (tertiary/aromatic N) is 3. The summed E-state index contributed by atoms with van der Waals surface area (Å²) in [6.45, 7) is 2.86. The quantitative estimate of drug-likeness (QED) is 0.285. The van der Waals surface area contributed by atoms with E-state index in [1.54, 1.807) is 7.11 Å². The molecule has 7 heteroatoms. The average molecular weight is 535 g/mol. The van der Waals surface area contributed by atoms with Gasteiger partial charge in [-0.15, -0.1) is 11.3 Å². The Balaban J connectivity index is 1.21. The molecule has 1 aliphatic rings. The van der Waals surface area contributed by atoms with Gasteiger partial charge in [-0.2, -0.15) is 0 Å². The number of carbonyl (C=O) groups is 1. The highest BCUT2D eigenvalue weighted by Crippen LogP contribution is 2.36. The maximum absolute atomic E-state index is 13.6. The Morgan fingerprint density at radius 1 is 0.846 bits per heavy atom. The van der Waals surface area contributed by atoms with Crippen LogP contribution < -0.4 is 10.5 Å². The molecule has 5 aromatic rings. The molecule has 1 saturated heterocycles. The van der Waals surface area contributed by atoms with Crippen LogP contribution in [0.1, 0.15) is 26.8 Å². The number of nitrogens with two attached hydrogens (primary N) is 1. The maximum atomic E-state index is 13.6. The van der Waals surface area contributed by atoms with Crippen molar-refractivity contribution in [3.05, 3.63) is 113 Å². The number of fused-ring (bicyclic) bond motifs is 1. The van der Waals surface area contributed by atoms with E-state index in [0.717, 1.165) is 40.3 Å². The summed E-state index contributed by atoms with van der Waals surface area (Å²) < 4.78 is 5.26. The predicted molar refractivity (Wildman–Crippen MR) is 158 cm³/mol. The summed E-state index contributed by atoms with van der Waals surface area (Å²) in [5.41, 5.74) is 11.4. The van der Waals surface area contributed by atoms with E-state index in [4.69, 9.17) is 15.5 Å². The number of hydrogen-bond donors (Lipinski definition) is 1. The van der Waals surface area contributed by atoms with E-state index in [9.17, 15) is 4.79 Å². The summed E-state index contributed by atoms with van der Waals surface area (Å²) in [5.74, 6) is 0.782. The molecule has 0 unspecified atom stereocenters. The predicted octanol–water partition coefficient (Wildman–Crippen LogP) is 6.10. The van der Waals surface area contributed by atoms with Crippen molar-refractivity contribution in [3.8, 4) is 17.0 Å². The number of ether oxygens (including phenoxy) is 1. The minimum absolute atomic E-state index is 0.0166. The highest BCUT2D eigenvalue weighted by Gasteiger charge is 2.30. The second-order valence-electron chi connectivity index (χ2n) is 9.67. The number of rotatable bonds is 6. The summed E-state index contributed by atoms with van der Waals surface area (Å²) in [6.07, 6.45) is 0. The Morgan fingerprint density at radius 2 is 1.46 bits per heavy atom. The fraction of sp³-hybridized carbons (Fsp3) is 0.188. The average Bonchev–Trinajstić information content (AvgIpc) is 3.34. The van der Waals surface area contributed by atoms with Gasteiger partial charge in [0, 0.05) is 37.1 Å². The van der Waals surface area contributed by atoms with Crippen molar-refractivity contribution < 1.29 is 9.53 Å². The molecule has 0 spiro atoms. The lowest BCUT2D eigenvalue weighted by atomic mass is 9.96. The standard InChI is InChI=1S/C32H30N4O2S/c1-38-25-14-12-22(13-15-25)27-17-16-26-28(33)30(39-31(26)34-27)32(37)36-20-18-35(19-21-36)29(23-8-4-2-5-9-23)24-10-6-3-7-11-24/h2-17,29H,18-21,33H2,1H3. The Morgan fingerprint density at radius 3 is 2.05 bits per heavy atom. The summed E-state index contributed by atoms with van der Waals surface area (Å²) >= 11 is 1.38. The van der Waals surface area contributed by atoms with Gasteiger partial charge in [0.15, 0.2) is 0 Å². The monoisotopic (exact) mass is 534 g/mol. The molecule has 1 aliphatic heterocycles. The third-order valence-electron chi connectivity index (χ3n) is 7.37. The van der Waals surface area contributed by atoms with Gasteiger partial charge in [-0.25, -0.2) is 4.98 Å². The van der Waals surface area contributed by atoms with Gasteiger partial charge in [0.05, 0.1) is 24.5 Å². The largest absolute Gasteiger partial charge is 0.497 e. The van der Waals surface area contributed by atoms with Crippen LogP contribution in [-0.4, -0.2) is 54.0 Å². The number of methoxy groups -OCH3 is 1. The van der Waals surface area contributed by atoms with Gasteiger partial charge in [-0.1, -0.05) is 60.7 Å². The molecule has 6 nitrogen and oxygen atoms in total. The second kappa shape index (κ2) is 10.9. The van der Waals surface area contributed by atoms with Crippen molar-refractivity contribution in [3.63, 3.8) is 0 Å². The number of hydrogen-bond acceptors (Lipinski definition) is 6. The van der Waals surface area contributed by atoms with E-state index in [1.807, 2.05) is 53.4 Å². The molecule has 1 fully saturated rings. The maximum Gasteiger partial charge on any atom is 0.266 e. The van der Waals surface area contributed by atoms with E-state index in [2.05, 4.69) is 53.4 Å². The van der Waals surface area contributed by atoms with Crippen LogP contribution in [0.25, 0.3) is 21.5 Å². The molecular weight excluding hydrogens is 504 g/mol. The molecule has 0 bridgehead atoms. The zero-order valence-electron chi connectivity index (χ0n) is 21.8. The van der Waals surface area contributed by atoms with Crippen LogP contribution in [0.15, 0.2) is 97.1 Å². The van der Waals surface area contributed by atoms with Gasteiger partial charge in [0.2, 0.25) is 0 Å². The number of carbonyl (C=O) groups excluding carboxylic acids is 1. The van der Waals surface area contributed by atoms with Crippen LogP contribution in [0.2, 0.25) is 0 Å². The molecule has 2 aromatic heterocycles. The smallest absolute Gasteiger partial charge is 0.266 e. The molecule has 0 aliphatic carbocycles. The first-order valence-electron chi connectivity index (χ1n) is 13.1. The van der Waals surface area contributed by atoms with Crippen LogP contribution in [0.5, 0.6) is 5.75 Å². The fourth-order valence-corrected chi connectivity index (χ4v) is 6.35. The highest BCUT2D eigenvalue weighted by molar-refractivity contribution is 7.21. The summed E-state index contributed by atoms with van der Waals surface area (Å²) in [4.78, 5) is 24.2. The lowest BCUT2D eigenvalue weighted by Crippen LogP contribution is -2.49. The number of anilines is 1. The van der Waals surface area contributed by atoms with E-state index >= 15 is 0 Å². The topological polar surface area (TPSA) is 71.7 Å². The van der Waals surface area contributed by atoms with Crippen LogP contribution in [0, 0.1) is 0 Å². The van der Waals surface area contributed by atoms with Crippen LogP contribution in [0.4, 0.5) is 5.69 Å². The van der Waals surface area contributed by atoms with Crippen molar-refractivity contribution in [2.45, 2.75) is 6.04 Å². The highest BCUT2D eigenvalue weighted by atomic mass is 32.1. The molecular formula is C32H30N4O2S. The summed E-state index contributed by atoms with van der Waals surface area (Å²) in [6, 6.07) is 33.0. The Hall–Kier alpha value is -4.20. The minimum Gasteiger partial charge on any atom is -0.497 e. The van der Waals surface area contributed by atoms with Crippen molar-refractivity contribution >= 4 is 33.1 Å². The Labute approximate surface area is 232 Å². The minimum atomic E-state index is -0.0166. The summed E-state index contributed by atoms with van der Waals surface area (Å²) in [5, 5.41) is 0.826. The number of aromatic nitrogens is 1. The third-order valence-corrected chi connectivity index (χ3v) is 8.47. The van der Waals surface area contributed by atoms with E-state index in [1.165, 1.54) is 22.5 Å². The van der Waals surface area contributed by atoms with Gasteiger partial charge in [0.1, 0.15) is 15.5 Å². The van der Waals surface area contributed by atoms with Gasteiger partial charge in [-0.05, 0) is 47.5 Å². The molecule has 2 N–H and O–H groups in total. The first kappa shape index (κ1) is 25.1. The number of benzene rings is 3. The van der Waals surface area contributed by atoms with Gasteiger partial charge < -0.3 is 15.4 Å². The Kier molecular flexibility index (Phi) is 7.00. The van der Waals surface area contributed by atoms with Crippen molar-refractivity contribution in [2.24, 2.45) is 0 Å². The molecule has 3 heterocycles. The van der Waals surface area contributed by atoms with Gasteiger partial charge >= 0.3 is 0 Å². The first-order valence-corrected chi connectivity index (χ1v) is 13.9. The lowest BCUT2D eigenvalue weighted by molar-refractivity contribution is 0.0603. The SMILES string of the molecule is COc1ccc(-c2ccc3c(N)c(C(=O)N4CCN(C(c5ccccc5)c5ccccc5)CC4)sc3n2)cc1. The van der Waals surface area contributed by atoms with Crippen molar-refractivity contribution in [1.82, 2.24) is 14.8 Å². The normalized spacial score (nSPS) is 14.2. The number of amides is 1. The van der Waals surface area contributed by atoms with Crippen molar-refractivity contribution in [1.29, 1.82) is 0 Å². The van der Waals surface area contributed by atoms with Crippen LogP contribution in [-0.2, 0) is 0 Å². The molecule has 0 radical (unpaired) electrons. The molecule has 0 atom stereocenters. The third kappa shape index (κ3) is 4.99. The van der Waals surface area contributed by atoms with Crippen LogP contribution in [0.3, 0.4) is 0 Å². The number of piperazine rings is 1. The number of nitrogen functional groups attached to an aromatic ring is 1.